The van der Waals surface area contributed by atoms with Crippen molar-refractivity contribution in [3.63, 3.8) is 0 Å². The number of amides is 1. The van der Waals surface area contributed by atoms with Gasteiger partial charge in [0.2, 0.25) is 5.91 Å². The number of benzene rings is 1. The van der Waals surface area contributed by atoms with E-state index in [1.54, 1.807) is 0 Å². The molecule has 0 saturated carbocycles. The van der Waals surface area contributed by atoms with Crippen LogP contribution in [0.3, 0.4) is 0 Å². The molecule has 0 fully saturated rings. The third-order valence-corrected chi connectivity index (χ3v) is 3.31. The first-order chi connectivity index (χ1) is 8.42. The van der Waals surface area contributed by atoms with Crippen LogP contribution in [0.4, 0.5) is 0 Å². The molecule has 0 saturated heterocycles. The fraction of sp³-hybridized carbons (Fsp3) is 0.533. The van der Waals surface area contributed by atoms with Gasteiger partial charge in [-0.05, 0) is 31.4 Å². The van der Waals surface area contributed by atoms with Crippen molar-refractivity contribution in [3.8, 4) is 0 Å². The van der Waals surface area contributed by atoms with Crippen LogP contribution in [0.25, 0.3) is 0 Å². The number of aryl methyl sites for hydroxylation is 1. The molecule has 3 nitrogen and oxygen atoms in total. The lowest BCUT2D eigenvalue weighted by molar-refractivity contribution is -0.125. The predicted molar refractivity (Wildman–Crippen MR) is 75.2 cm³/mol. The van der Waals surface area contributed by atoms with Crippen LogP contribution in [0.2, 0.25) is 0 Å². The Balaban J connectivity index is 3.10. The highest BCUT2D eigenvalue weighted by atomic mass is 16.1. The van der Waals surface area contributed by atoms with E-state index >= 15 is 0 Å². The molecule has 0 aliphatic heterocycles. The van der Waals surface area contributed by atoms with E-state index in [1.165, 1.54) is 5.56 Å². The molecular weight excluding hydrogens is 224 g/mol. The maximum absolute atomic E-state index is 11.9. The lowest BCUT2D eigenvalue weighted by atomic mass is 9.85. The van der Waals surface area contributed by atoms with E-state index in [-0.39, 0.29) is 5.91 Å². The third kappa shape index (κ3) is 3.10. The van der Waals surface area contributed by atoms with Gasteiger partial charge in [-0.25, -0.2) is 0 Å². The van der Waals surface area contributed by atoms with E-state index in [0.29, 0.717) is 12.3 Å². The van der Waals surface area contributed by atoms with Gasteiger partial charge in [0.1, 0.15) is 5.54 Å². The van der Waals surface area contributed by atoms with E-state index in [0.717, 1.165) is 12.1 Å². The largest absolute Gasteiger partial charge is 0.368 e. The van der Waals surface area contributed by atoms with Gasteiger partial charge in [-0.2, -0.15) is 0 Å². The van der Waals surface area contributed by atoms with E-state index in [9.17, 15) is 4.79 Å². The molecular formula is C15H24N2O. The Morgan fingerprint density at radius 2 is 1.89 bits per heavy atom. The standard InChI is InChI=1S/C15H24N2O/c1-5-15(14(16)18,17-10-11(2)3)13-8-6-12(4)7-9-13/h6-9,11,17H,5,10H2,1-4H3,(H2,16,18). The number of rotatable bonds is 6. The minimum absolute atomic E-state index is 0.311. The summed E-state index contributed by atoms with van der Waals surface area (Å²) >= 11 is 0. The highest BCUT2D eigenvalue weighted by Crippen LogP contribution is 2.25. The van der Waals surface area contributed by atoms with Crippen LogP contribution in [0.5, 0.6) is 0 Å². The third-order valence-electron chi connectivity index (χ3n) is 3.31. The summed E-state index contributed by atoms with van der Waals surface area (Å²) in [5.74, 6) is 0.162. The molecule has 3 heteroatoms. The Morgan fingerprint density at radius 3 is 2.28 bits per heavy atom. The smallest absolute Gasteiger partial charge is 0.242 e. The molecule has 0 bridgehead atoms. The van der Waals surface area contributed by atoms with Crippen LogP contribution in [-0.2, 0) is 10.3 Å². The van der Waals surface area contributed by atoms with Gasteiger partial charge in [0.15, 0.2) is 0 Å². The van der Waals surface area contributed by atoms with E-state index < -0.39 is 5.54 Å². The molecule has 1 rings (SSSR count). The summed E-state index contributed by atoms with van der Waals surface area (Å²) in [6.45, 7) is 9.01. The fourth-order valence-electron chi connectivity index (χ4n) is 2.05. The first-order valence-electron chi connectivity index (χ1n) is 6.54. The second-order valence-electron chi connectivity index (χ2n) is 5.26. The molecule has 0 heterocycles. The Kier molecular flexibility index (Phi) is 4.91. The average Bonchev–Trinajstić information content (AvgIpc) is 2.31. The normalized spacial score (nSPS) is 14.5. The van der Waals surface area contributed by atoms with Crippen molar-refractivity contribution in [2.24, 2.45) is 11.7 Å². The first kappa shape index (κ1) is 14.7. The lowest BCUT2D eigenvalue weighted by Gasteiger charge is -2.32. The number of hydrogen-bond donors (Lipinski definition) is 2. The lowest BCUT2D eigenvalue weighted by Crippen LogP contribution is -2.53. The summed E-state index contributed by atoms with van der Waals surface area (Å²) in [5, 5.41) is 3.34. The summed E-state index contributed by atoms with van der Waals surface area (Å²) in [4.78, 5) is 11.9. The van der Waals surface area contributed by atoms with Gasteiger partial charge in [-0.15, -0.1) is 0 Å². The van der Waals surface area contributed by atoms with Crippen LogP contribution in [0, 0.1) is 12.8 Å². The van der Waals surface area contributed by atoms with Crippen LogP contribution in [-0.4, -0.2) is 12.5 Å². The zero-order chi connectivity index (χ0) is 13.8. The summed E-state index contributed by atoms with van der Waals surface area (Å²) in [5.41, 5.74) is 7.01. The molecule has 100 valence electrons. The number of primary amides is 1. The van der Waals surface area contributed by atoms with E-state index in [4.69, 9.17) is 5.73 Å². The van der Waals surface area contributed by atoms with Gasteiger partial charge in [0.05, 0.1) is 0 Å². The molecule has 0 aromatic heterocycles. The second-order valence-corrected chi connectivity index (χ2v) is 5.26. The van der Waals surface area contributed by atoms with Gasteiger partial charge >= 0.3 is 0 Å². The molecule has 1 unspecified atom stereocenters. The Morgan fingerprint density at radius 1 is 1.33 bits per heavy atom. The molecule has 0 spiro atoms. The number of nitrogens with two attached hydrogens (primary N) is 1. The zero-order valence-corrected chi connectivity index (χ0v) is 11.8. The van der Waals surface area contributed by atoms with Crippen LogP contribution < -0.4 is 11.1 Å². The molecule has 1 aromatic rings. The maximum atomic E-state index is 11.9. The van der Waals surface area contributed by atoms with Gasteiger partial charge in [0, 0.05) is 0 Å². The van der Waals surface area contributed by atoms with Crippen molar-refractivity contribution in [1.29, 1.82) is 0 Å². The first-order valence-corrected chi connectivity index (χ1v) is 6.54. The quantitative estimate of drug-likeness (QED) is 0.812. The van der Waals surface area contributed by atoms with Gasteiger partial charge in [-0.3, -0.25) is 10.1 Å². The fourth-order valence-corrected chi connectivity index (χ4v) is 2.05. The monoisotopic (exact) mass is 248 g/mol. The molecule has 1 amide bonds. The van der Waals surface area contributed by atoms with Crippen molar-refractivity contribution in [2.45, 2.75) is 39.7 Å². The molecule has 1 atom stereocenters. The molecule has 0 aliphatic carbocycles. The topological polar surface area (TPSA) is 55.1 Å². The van der Waals surface area contributed by atoms with Crippen molar-refractivity contribution < 1.29 is 4.79 Å². The number of hydrogen-bond acceptors (Lipinski definition) is 2. The van der Waals surface area contributed by atoms with E-state index in [2.05, 4.69) is 19.2 Å². The van der Waals surface area contributed by atoms with Gasteiger partial charge in [0.25, 0.3) is 0 Å². The predicted octanol–water partition coefficient (Wildman–Crippen LogP) is 2.33. The Labute approximate surface area is 110 Å². The van der Waals surface area contributed by atoms with Crippen LogP contribution in [0.15, 0.2) is 24.3 Å². The minimum atomic E-state index is -0.752. The summed E-state index contributed by atoms with van der Waals surface area (Å²) in [6.07, 6.45) is 0.651. The summed E-state index contributed by atoms with van der Waals surface area (Å²) in [6, 6.07) is 7.99. The average molecular weight is 248 g/mol. The van der Waals surface area contributed by atoms with Gasteiger partial charge in [-0.1, -0.05) is 50.6 Å². The molecule has 18 heavy (non-hydrogen) atoms. The zero-order valence-electron chi connectivity index (χ0n) is 11.8. The Bertz CT molecular complexity index is 397. The van der Waals surface area contributed by atoms with Crippen LogP contribution >= 0.6 is 0 Å². The van der Waals surface area contributed by atoms with Gasteiger partial charge < -0.3 is 5.73 Å². The highest BCUT2D eigenvalue weighted by Gasteiger charge is 2.36. The van der Waals surface area contributed by atoms with Crippen molar-refractivity contribution >= 4 is 5.91 Å². The maximum Gasteiger partial charge on any atom is 0.242 e. The summed E-state index contributed by atoms with van der Waals surface area (Å²) in [7, 11) is 0. The minimum Gasteiger partial charge on any atom is -0.368 e. The number of carbonyl (C=O) groups is 1. The molecule has 0 radical (unpaired) electrons. The second kappa shape index (κ2) is 6.01. The number of nitrogens with one attached hydrogen (secondary N) is 1. The SMILES string of the molecule is CCC(NCC(C)C)(C(N)=O)c1ccc(C)cc1. The molecule has 0 aliphatic rings. The van der Waals surface area contributed by atoms with Crippen molar-refractivity contribution in [3.05, 3.63) is 35.4 Å². The van der Waals surface area contributed by atoms with Crippen LogP contribution in [0.1, 0.15) is 38.3 Å². The molecule has 3 N–H and O–H groups in total. The molecule has 1 aromatic carbocycles. The van der Waals surface area contributed by atoms with Crippen molar-refractivity contribution in [2.75, 3.05) is 6.54 Å². The van der Waals surface area contributed by atoms with Crippen molar-refractivity contribution in [1.82, 2.24) is 5.32 Å². The summed E-state index contributed by atoms with van der Waals surface area (Å²) < 4.78 is 0. The highest BCUT2D eigenvalue weighted by molar-refractivity contribution is 5.86. The number of carbonyl (C=O) groups excluding carboxylic acids is 1. The van der Waals surface area contributed by atoms with E-state index in [1.807, 2.05) is 38.1 Å². The Hall–Kier alpha value is -1.35.